The molecule has 0 unspecified atom stereocenters. The van der Waals surface area contributed by atoms with E-state index in [9.17, 15) is 154 Å². The smallest absolute Gasteiger partial charge is 0.377 e. The predicted molar refractivity (Wildman–Crippen MR) is 121 cm³/mol. The molecule has 0 amide bonds. The molecule has 0 bridgehead atoms. The van der Waals surface area contributed by atoms with Crippen molar-refractivity contribution in [3.05, 3.63) is 0 Å². The van der Waals surface area contributed by atoms with E-state index in [1.54, 1.807) is 0 Å². The van der Waals surface area contributed by atoms with Crippen LogP contribution in [0.15, 0.2) is 0 Å². The van der Waals surface area contributed by atoms with Crippen LogP contribution in [-0.2, 0) is 13.3 Å². The van der Waals surface area contributed by atoms with Crippen LogP contribution in [0, 0.1) is 0 Å². The Morgan fingerprint density at radius 2 is 0.393 bits per heavy atom. The van der Waals surface area contributed by atoms with Gasteiger partial charge in [-0.25, -0.2) is 0 Å². The van der Waals surface area contributed by atoms with E-state index in [-0.39, 0.29) is 0 Å². The quantitative estimate of drug-likeness (QED) is 0.0847. The topological polar surface area (TPSA) is 27.7 Å². The average Bonchev–Trinajstić information content (AvgIpc) is 3.07. The van der Waals surface area contributed by atoms with Crippen molar-refractivity contribution in [2.24, 2.45) is 0 Å². The highest BCUT2D eigenvalue weighted by Crippen LogP contribution is 2.70. The van der Waals surface area contributed by atoms with E-state index in [1.165, 1.54) is 0 Å². The third-order valence-corrected chi connectivity index (χ3v) is 10.7. The molecule has 61 heavy (non-hydrogen) atoms. The maximum Gasteiger partial charge on any atom is 0.500 e. The van der Waals surface area contributed by atoms with Crippen molar-refractivity contribution < 1.29 is 167 Å². The van der Waals surface area contributed by atoms with Crippen LogP contribution in [0.2, 0.25) is 6.04 Å². The van der Waals surface area contributed by atoms with Gasteiger partial charge in [-0.1, -0.05) is 0 Å². The molecular weight excluding hydrogens is 1010 g/mol. The van der Waals surface area contributed by atoms with E-state index in [4.69, 9.17) is 0 Å². The molecule has 0 rings (SSSR count). The maximum absolute atomic E-state index is 14.2. The molecule has 0 saturated carbocycles. The molecule has 0 N–H and O–H groups in total. The Morgan fingerprint density at radius 1 is 0.246 bits per heavy atom. The van der Waals surface area contributed by atoms with Crippen molar-refractivity contribution in [2.75, 3.05) is 21.3 Å². The van der Waals surface area contributed by atoms with Gasteiger partial charge < -0.3 is 13.3 Å². The maximum atomic E-state index is 14.2. The van der Waals surface area contributed by atoms with Gasteiger partial charge in [0.15, 0.2) is 0 Å². The fourth-order valence-electron chi connectivity index (χ4n) is 3.99. The second-order valence-electron chi connectivity index (χ2n) is 11.6. The Morgan fingerprint density at radius 3 is 0.541 bits per heavy atom. The first-order valence-electron chi connectivity index (χ1n) is 13.7. The minimum atomic E-state index is -10.3. The molecule has 0 aliphatic rings. The van der Waals surface area contributed by atoms with Gasteiger partial charge in [-0.05, 0) is 0 Å². The highest BCUT2D eigenvalue weighted by molar-refractivity contribution is 6.60. The van der Waals surface area contributed by atoms with E-state index in [0.29, 0.717) is 21.3 Å². The lowest BCUT2D eigenvalue weighted by molar-refractivity contribution is -0.492. The minimum absolute atomic E-state index is 0.393. The van der Waals surface area contributed by atoms with Gasteiger partial charge in [0.2, 0.25) is 0 Å². The van der Waals surface area contributed by atoms with Gasteiger partial charge >= 0.3 is 110 Å². The summed E-state index contributed by atoms with van der Waals surface area (Å²) in [6.45, 7) is 0. The lowest BCUT2D eigenvalue weighted by atomic mass is 9.82. The van der Waals surface area contributed by atoms with Crippen LogP contribution in [0.25, 0.3) is 0 Å². The van der Waals surface area contributed by atoms with Crippen LogP contribution in [0.5, 0.6) is 0 Å². The Kier molecular flexibility index (Phi) is 14.5. The third-order valence-electron chi connectivity index (χ3n) is 8.01. The van der Waals surface area contributed by atoms with Gasteiger partial charge in [-0.3, -0.25) is 0 Å². The van der Waals surface area contributed by atoms with Crippen LogP contribution < -0.4 is 0 Å². The first-order chi connectivity index (χ1) is 25.9. The fourth-order valence-corrected chi connectivity index (χ4v) is 5.73. The highest BCUT2D eigenvalue weighted by atomic mass is 28.4. The lowest BCUT2D eigenvalue weighted by Gasteiger charge is -2.47. The largest absolute Gasteiger partial charge is 0.500 e. The molecule has 0 aromatic heterocycles. The first kappa shape index (κ1) is 58.6. The number of alkyl halides is 35. The molecule has 0 aromatic rings. The van der Waals surface area contributed by atoms with E-state index < -0.39 is 122 Å². The van der Waals surface area contributed by atoms with E-state index >= 15 is 0 Å². The summed E-state index contributed by atoms with van der Waals surface area (Å²) in [5, 5.41) is 0. The molecule has 0 aliphatic heterocycles. The zero-order valence-electron chi connectivity index (χ0n) is 27.9. The fraction of sp³-hybridized carbons (Fsp3) is 1.00. The molecular formula is C22H13F35O3Si. The Hall–Kier alpha value is -2.35. The Balaban J connectivity index is 7.73. The lowest BCUT2D eigenvalue weighted by Crippen LogP contribution is -2.80. The van der Waals surface area contributed by atoms with E-state index in [2.05, 4.69) is 13.3 Å². The first-order valence-corrected chi connectivity index (χ1v) is 15.6. The monoisotopic (exact) mass is 1020 g/mol. The van der Waals surface area contributed by atoms with Gasteiger partial charge in [0.05, 0.1) is 0 Å². The van der Waals surface area contributed by atoms with Crippen LogP contribution in [0.3, 0.4) is 0 Å². The second kappa shape index (κ2) is 15.1. The standard InChI is InChI=1S/C22H13F35O3Si/c1-58-61(59-2,60-3)5-4-6(23,24)7(25,26)8(27,28)9(29,30)10(31,32)11(33,34)12(35,36)13(37,38)14(39,40)15(41,42)16(43,44)17(45,46)18(47,48)19(49,50)20(51,52)21(53,54)22(55,56)57/h4-5H2,1-3H3. The van der Waals surface area contributed by atoms with E-state index in [0.717, 1.165) is 0 Å². The predicted octanol–water partition coefficient (Wildman–Crippen LogP) is 12.0. The second-order valence-corrected chi connectivity index (χ2v) is 14.7. The van der Waals surface area contributed by atoms with Crippen molar-refractivity contribution in [3.8, 4) is 0 Å². The Labute approximate surface area is 311 Å². The highest BCUT2D eigenvalue weighted by Gasteiger charge is 3.02. The van der Waals surface area contributed by atoms with Crippen molar-refractivity contribution >= 4 is 8.80 Å². The summed E-state index contributed by atoms with van der Waals surface area (Å²) in [7, 11) is -3.66. The third kappa shape index (κ3) is 7.18. The molecule has 0 heterocycles. The van der Waals surface area contributed by atoms with Crippen molar-refractivity contribution in [2.45, 2.75) is 113 Å². The van der Waals surface area contributed by atoms with E-state index in [1.807, 2.05) is 0 Å². The van der Waals surface area contributed by atoms with Crippen molar-refractivity contribution in [3.63, 3.8) is 0 Å². The summed E-state index contributed by atoms with van der Waals surface area (Å²) >= 11 is 0. The molecule has 0 radical (unpaired) electrons. The van der Waals surface area contributed by atoms with Crippen LogP contribution in [0.1, 0.15) is 6.42 Å². The molecule has 0 atom stereocenters. The Bertz CT molecular complexity index is 1530. The number of hydrogen-bond acceptors (Lipinski definition) is 3. The van der Waals surface area contributed by atoms with Crippen LogP contribution in [0.4, 0.5) is 154 Å². The van der Waals surface area contributed by atoms with Crippen LogP contribution in [-0.4, -0.2) is 131 Å². The van der Waals surface area contributed by atoms with Crippen molar-refractivity contribution in [1.29, 1.82) is 0 Å². The number of hydrogen-bond donors (Lipinski definition) is 0. The summed E-state index contributed by atoms with van der Waals surface area (Å²) in [6, 6.07) is -2.05. The zero-order valence-corrected chi connectivity index (χ0v) is 28.9. The molecule has 0 spiro atoms. The van der Waals surface area contributed by atoms with Gasteiger partial charge in [0.25, 0.3) is 0 Å². The molecule has 0 aliphatic carbocycles. The average molecular weight is 1020 g/mol. The number of rotatable bonds is 21. The summed E-state index contributed by atoms with van der Waals surface area (Å²) in [4.78, 5) is 0. The van der Waals surface area contributed by atoms with Gasteiger partial charge in [0, 0.05) is 33.8 Å². The summed E-state index contributed by atoms with van der Waals surface area (Å²) in [5.74, 6) is -154. The van der Waals surface area contributed by atoms with Crippen molar-refractivity contribution in [1.82, 2.24) is 0 Å². The molecule has 0 saturated heterocycles. The molecule has 0 aromatic carbocycles. The summed E-state index contributed by atoms with van der Waals surface area (Å²) in [5.41, 5.74) is 0. The number of halogens is 35. The normalized spacial score (nSPS) is 17.0. The van der Waals surface area contributed by atoms with Gasteiger partial charge in [0.1, 0.15) is 0 Å². The molecule has 0 fully saturated rings. The zero-order chi connectivity index (χ0) is 50.5. The summed E-state index contributed by atoms with van der Waals surface area (Å²) in [6.07, 6.45) is -11.6. The van der Waals surface area contributed by atoms with Gasteiger partial charge in [-0.2, -0.15) is 154 Å². The van der Waals surface area contributed by atoms with Crippen LogP contribution >= 0.6 is 0 Å². The van der Waals surface area contributed by atoms with Gasteiger partial charge in [-0.15, -0.1) is 0 Å². The molecule has 368 valence electrons. The molecule has 3 nitrogen and oxygen atoms in total. The minimum Gasteiger partial charge on any atom is -0.377 e. The SMILES string of the molecule is CO[Si](CCC(F)(F)C(F)(F)C(F)(F)C(F)(F)C(F)(F)C(F)(F)C(F)(F)C(F)(F)C(F)(F)C(F)(F)C(F)(F)C(F)(F)C(F)(F)C(F)(F)C(F)(F)C(F)(F)C(F)(F)F)(OC)OC. The summed E-state index contributed by atoms with van der Waals surface area (Å²) < 4.78 is 493. The molecule has 39 heteroatoms.